The van der Waals surface area contributed by atoms with Gasteiger partial charge in [0.25, 0.3) is 0 Å². The van der Waals surface area contributed by atoms with Crippen molar-refractivity contribution >= 4 is 17.5 Å². The fourth-order valence-electron chi connectivity index (χ4n) is 2.11. The Kier molecular flexibility index (Phi) is 3.49. The normalized spacial score (nSPS) is 16.9. The minimum atomic E-state index is 0.0943. The van der Waals surface area contributed by atoms with Crippen LogP contribution in [-0.2, 0) is 4.79 Å². The summed E-state index contributed by atoms with van der Waals surface area (Å²) in [5, 5.41) is 3.47. The highest BCUT2D eigenvalue weighted by molar-refractivity contribution is 6.31. The van der Waals surface area contributed by atoms with Crippen LogP contribution in [-0.4, -0.2) is 13.0 Å². The van der Waals surface area contributed by atoms with Gasteiger partial charge in [0.2, 0.25) is 5.91 Å². The van der Waals surface area contributed by atoms with Crippen molar-refractivity contribution < 1.29 is 4.79 Å². The molecule has 1 unspecified atom stereocenters. The zero-order valence-electron chi connectivity index (χ0n) is 9.37. The summed E-state index contributed by atoms with van der Waals surface area (Å²) in [4.78, 5) is 11.5. The molecule has 0 aromatic heterocycles. The van der Waals surface area contributed by atoms with E-state index < -0.39 is 0 Å². The molecule has 0 aliphatic heterocycles. The van der Waals surface area contributed by atoms with Crippen LogP contribution in [0.15, 0.2) is 24.3 Å². The van der Waals surface area contributed by atoms with Crippen LogP contribution in [0.2, 0.25) is 5.02 Å². The van der Waals surface area contributed by atoms with Gasteiger partial charge in [0.1, 0.15) is 0 Å². The molecule has 16 heavy (non-hydrogen) atoms. The van der Waals surface area contributed by atoms with Crippen LogP contribution in [0.5, 0.6) is 0 Å². The number of benzene rings is 1. The molecule has 1 aromatic rings. The number of halogens is 1. The molecular weight excluding hydrogens is 222 g/mol. The summed E-state index contributed by atoms with van der Waals surface area (Å²) in [5.74, 6) is 1.02. The number of carbonyl (C=O) groups excluding carboxylic acids is 1. The number of amides is 1. The molecule has 1 atom stereocenters. The van der Waals surface area contributed by atoms with Gasteiger partial charge >= 0.3 is 0 Å². The highest BCUT2D eigenvalue weighted by Gasteiger charge is 2.34. The van der Waals surface area contributed by atoms with E-state index in [0.29, 0.717) is 12.3 Å². The van der Waals surface area contributed by atoms with Gasteiger partial charge in [0.05, 0.1) is 0 Å². The Labute approximate surface area is 101 Å². The van der Waals surface area contributed by atoms with Crippen molar-refractivity contribution in [3.8, 4) is 0 Å². The Hall–Kier alpha value is -1.02. The van der Waals surface area contributed by atoms with Gasteiger partial charge in [-0.15, -0.1) is 0 Å². The smallest absolute Gasteiger partial charge is 0.220 e. The Morgan fingerprint density at radius 2 is 2.19 bits per heavy atom. The predicted molar refractivity (Wildman–Crippen MR) is 65.6 cm³/mol. The molecule has 1 amide bonds. The molecule has 0 radical (unpaired) electrons. The maximum atomic E-state index is 11.5. The molecule has 1 aliphatic carbocycles. The fourth-order valence-corrected chi connectivity index (χ4v) is 2.38. The van der Waals surface area contributed by atoms with Crippen molar-refractivity contribution in [2.75, 3.05) is 7.05 Å². The largest absolute Gasteiger partial charge is 0.359 e. The van der Waals surface area contributed by atoms with Gasteiger partial charge < -0.3 is 5.32 Å². The zero-order valence-corrected chi connectivity index (χ0v) is 10.1. The number of carbonyl (C=O) groups is 1. The number of nitrogens with one attached hydrogen (secondary N) is 1. The van der Waals surface area contributed by atoms with Crippen LogP contribution in [0, 0.1) is 5.92 Å². The molecule has 86 valence electrons. The summed E-state index contributed by atoms with van der Waals surface area (Å²) in [6.45, 7) is 0. The first-order chi connectivity index (χ1) is 7.72. The maximum absolute atomic E-state index is 11.5. The molecule has 3 heteroatoms. The molecule has 1 saturated carbocycles. The standard InChI is InChI=1S/C13H16ClNO/c1-15-13(16)8-11(9-6-7-9)10-4-2-3-5-12(10)14/h2-5,9,11H,6-8H2,1H3,(H,15,16). The quantitative estimate of drug-likeness (QED) is 0.857. The second-order valence-electron chi connectivity index (χ2n) is 4.34. The van der Waals surface area contributed by atoms with Gasteiger partial charge in [0, 0.05) is 18.5 Å². The zero-order chi connectivity index (χ0) is 11.5. The lowest BCUT2D eigenvalue weighted by Crippen LogP contribution is -2.21. The van der Waals surface area contributed by atoms with E-state index in [2.05, 4.69) is 5.32 Å². The molecule has 2 rings (SSSR count). The Morgan fingerprint density at radius 3 is 2.75 bits per heavy atom. The van der Waals surface area contributed by atoms with Crippen molar-refractivity contribution in [2.24, 2.45) is 5.92 Å². The summed E-state index contributed by atoms with van der Waals surface area (Å²) in [5.41, 5.74) is 1.12. The summed E-state index contributed by atoms with van der Waals surface area (Å²) in [6.07, 6.45) is 2.98. The van der Waals surface area contributed by atoms with E-state index >= 15 is 0 Å². The highest BCUT2D eigenvalue weighted by atomic mass is 35.5. The minimum Gasteiger partial charge on any atom is -0.359 e. The average molecular weight is 238 g/mol. The number of hydrogen-bond donors (Lipinski definition) is 1. The van der Waals surface area contributed by atoms with Crippen LogP contribution in [0.25, 0.3) is 0 Å². The van der Waals surface area contributed by atoms with E-state index in [4.69, 9.17) is 11.6 Å². The first kappa shape index (κ1) is 11.5. The van der Waals surface area contributed by atoms with Crippen molar-refractivity contribution in [3.05, 3.63) is 34.9 Å². The van der Waals surface area contributed by atoms with Crippen LogP contribution in [0.4, 0.5) is 0 Å². The van der Waals surface area contributed by atoms with E-state index in [1.807, 2.05) is 24.3 Å². The third-order valence-electron chi connectivity index (χ3n) is 3.18. The molecule has 1 aliphatic rings. The van der Waals surface area contributed by atoms with E-state index in [-0.39, 0.29) is 11.8 Å². The number of rotatable bonds is 4. The van der Waals surface area contributed by atoms with Crippen molar-refractivity contribution in [1.29, 1.82) is 0 Å². The van der Waals surface area contributed by atoms with Gasteiger partial charge in [0.15, 0.2) is 0 Å². The lowest BCUT2D eigenvalue weighted by Gasteiger charge is -2.17. The summed E-state index contributed by atoms with van der Waals surface area (Å²) < 4.78 is 0. The highest BCUT2D eigenvalue weighted by Crippen LogP contribution is 2.46. The third kappa shape index (κ3) is 2.56. The first-order valence-corrected chi connectivity index (χ1v) is 6.05. The van der Waals surface area contributed by atoms with Gasteiger partial charge in [-0.3, -0.25) is 4.79 Å². The molecular formula is C13H16ClNO. The Morgan fingerprint density at radius 1 is 1.50 bits per heavy atom. The molecule has 0 saturated heterocycles. The summed E-state index contributed by atoms with van der Waals surface area (Å²) in [7, 11) is 1.68. The lowest BCUT2D eigenvalue weighted by atomic mass is 9.90. The summed E-state index contributed by atoms with van der Waals surface area (Å²) >= 11 is 6.19. The predicted octanol–water partition coefficient (Wildman–Crippen LogP) is 2.97. The van der Waals surface area contributed by atoms with E-state index in [0.717, 1.165) is 10.6 Å². The molecule has 1 fully saturated rings. The van der Waals surface area contributed by atoms with Gasteiger partial charge in [-0.05, 0) is 36.3 Å². The van der Waals surface area contributed by atoms with E-state index in [1.54, 1.807) is 7.05 Å². The molecule has 1 aromatic carbocycles. The van der Waals surface area contributed by atoms with Crippen molar-refractivity contribution in [3.63, 3.8) is 0 Å². The number of hydrogen-bond acceptors (Lipinski definition) is 1. The molecule has 0 spiro atoms. The monoisotopic (exact) mass is 237 g/mol. The third-order valence-corrected chi connectivity index (χ3v) is 3.52. The topological polar surface area (TPSA) is 29.1 Å². The molecule has 0 bridgehead atoms. The second kappa shape index (κ2) is 4.88. The molecule has 2 nitrogen and oxygen atoms in total. The van der Waals surface area contributed by atoms with Gasteiger partial charge in [-0.25, -0.2) is 0 Å². The van der Waals surface area contributed by atoms with Crippen LogP contribution in [0.3, 0.4) is 0 Å². The average Bonchev–Trinajstić information content (AvgIpc) is 3.10. The SMILES string of the molecule is CNC(=O)CC(c1ccccc1Cl)C1CC1. The van der Waals surface area contributed by atoms with Crippen LogP contribution < -0.4 is 5.32 Å². The minimum absolute atomic E-state index is 0.0943. The van der Waals surface area contributed by atoms with Crippen molar-refractivity contribution in [1.82, 2.24) is 5.32 Å². The van der Waals surface area contributed by atoms with Crippen molar-refractivity contribution in [2.45, 2.75) is 25.2 Å². The lowest BCUT2D eigenvalue weighted by molar-refractivity contribution is -0.121. The first-order valence-electron chi connectivity index (χ1n) is 5.67. The second-order valence-corrected chi connectivity index (χ2v) is 4.75. The fraction of sp³-hybridized carbons (Fsp3) is 0.462. The summed E-state index contributed by atoms with van der Waals surface area (Å²) in [6, 6.07) is 7.85. The van der Waals surface area contributed by atoms with Gasteiger partial charge in [-0.1, -0.05) is 29.8 Å². The van der Waals surface area contributed by atoms with Crippen LogP contribution in [0.1, 0.15) is 30.7 Å². The van der Waals surface area contributed by atoms with Gasteiger partial charge in [-0.2, -0.15) is 0 Å². The Balaban J connectivity index is 2.19. The Bertz CT molecular complexity index is 387. The van der Waals surface area contributed by atoms with E-state index in [1.165, 1.54) is 12.8 Å². The molecule has 0 heterocycles. The molecule has 1 N–H and O–H groups in total. The van der Waals surface area contributed by atoms with Crippen LogP contribution >= 0.6 is 11.6 Å². The maximum Gasteiger partial charge on any atom is 0.220 e. The van der Waals surface area contributed by atoms with E-state index in [9.17, 15) is 4.79 Å².